The fraction of sp³-hybridized carbons (Fsp3) is 0.682. The molecule has 1 aromatic rings. The average Bonchev–Trinajstić information content (AvgIpc) is 3.25. The van der Waals surface area contributed by atoms with E-state index in [2.05, 4.69) is 30.0 Å². The molecule has 2 nitrogen and oxygen atoms in total. The molecule has 1 heterocycles. The van der Waals surface area contributed by atoms with Crippen LogP contribution in [0.25, 0.3) is 0 Å². The van der Waals surface area contributed by atoms with Crippen molar-refractivity contribution in [1.82, 2.24) is 4.90 Å². The van der Waals surface area contributed by atoms with Crippen LogP contribution in [0.5, 0.6) is 0 Å². The number of nitrogens with zero attached hydrogens (tertiary/aromatic N) is 1. The molecule has 3 aliphatic carbocycles. The van der Waals surface area contributed by atoms with Gasteiger partial charge >= 0.3 is 0 Å². The molecule has 24 heavy (non-hydrogen) atoms. The maximum absolute atomic E-state index is 12.5. The molecule has 1 aromatic carbocycles. The summed E-state index contributed by atoms with van der Waals surface area (Å²) >= 11 is 0. The van der Waals surface area contributed by atoms with Crippen LogP contribution in [0.2, 0.25) is 0 Å². The van der Waals surface area contributed by atoms with Gasteiger partial charge in [-0.15, -0.1) is 0 Å². The highest BCUT2D eigenvalue weighted by Gasteiger charge is 2.46. The van der Waals surface area contributed by atoms with Gasteiger partial charge in [-0.25, -0.2) is 0 Å². The van der Waals surface area contributed by atoms with Gasteiger partial charge in [0.25, 0.3) is 0 Å². The first-order valence-electron chi connectivity index (χ1n) is 10.00. The largest absolute Gasteiger partial charge is 0.303 e. The second-order valence-electron chi connectivity index (χ2n) is 9.16. The van der Waals surface area contributed by atoms with E-state index in [1.54, 1.807) is 0 Å². The predicted molar refractivity (Wildman–Crippen MR) is 96.4 cm³/mol. The minimum Gasteiger partial charge on any atom is -0.303 e. The highest BCUT2D eigenvalue weighted by molar-refractivity contribution is 6.02. The van der Waals surface area contributed by atoms with Crippen LogP contribution in [0.1, 0.15) is 66.4 Å². The molecule has 0 aromatic heterocycles. The maximum Gasteiger partial charge on any atom is 0.164 e. The normalized spacial score (nSPS) is 34.2. The van der Waals surface area contributed by atoms with Crippen molar-refractivity contribution in [3.63, 3.8) is 0 Å². The Bertz CT molecular complexity index is 671. The molecule has 3 atom stereocenters. The molecule has 1 spiro atoms. The van der Waals surface area contributed by atoms with Crippen molar-refractivity contribution < 1.29 is 4.79 Å². The van der Waals surface area contributed by atoms with E-state index >= 15 is 0 Å². The molecule has 1 unspecified atom stereocenters. The number of carbonyl (C=O) groups excluding carboxylic acids is 1. The lowest BCUT2D eigenvalue weighted by atomic mass is 9.73. The third kappa shape index (κ3) is 2.29. The van der Waals surface area contributed by atoms with Crippen LogP contribution in [-0.4, -0.2) is 30.3 Å². The molecule has 3 fully saturated rings. The van der Waals surface area contributed by atoms with E-state index in [1.165, 1.54) is 69.3 Å². The SMILES string of the molecule is Cc1ccc2c(c1)C(=O)CC21CCN(CC2C[C@H]3CC[C@H]2C3)CC1. The van der Waals surface area contributed by atoms with Crippen molar-refractivity contribution in [3.05, 3.63) is 34.9 Å². The summed E-state index contributed by atoms with van der Waals surface area (Å²) in [5.41, 5.74) is 3.76. The number of fused-ring (bicyclic) bond motifs is 4. The highest BCUT2D eigenvalue weighted by Crippen LogP contribution is 2.50. The summed E-state index contributed by atoms with van der Waals surface area (Å²) < 4.78 is 0. The van der Waals surface area contributed by atoms with Crippen molar-refractivity contribution in [2.45, 2.75) is 57.3 Å². The summed E-state index contributed by atoms with van der Waals surface area (Å²) in [4.78, 5) is 15.2. The Morgan fingerprint density at radius 1 is 1.17 bits per heavy atom. The number of ketones is 1. The number of piperidine rings is 1. The summed E-state index contributed by atoms with van der Waals surface area (Å²) in [6, 6.07) is 6.57. The van der Waals surface area contributed by atoms with Crippen LogP contribution in [0.3, 0.4) is 0 Å². The van der Waals surface area contributed by atoms with Gasteiger partial charge in [0, 0.05) is 23.9 Å². The van der Waals surface area contributed by atoms with Crippen molar-refractivity contribution >= 4 is 5.78 Å². The summed E-state index contributed by atoms with van der Waals surface area (Å²) in [5.74, 6) is 3.44. The summed E-state index contributed by atoms with van der Waals surface area (Å²) in [6.07, 6.45) is 9.12. The highest BCUT2D eigenvalue weighted by atomic mass is 16.1. The van der Waals surface area contributed by atoms with Gasteiger partial charge in [-0.05, 0) is 81.5 Å². The van der Waals surface area contributed by atoms with Crippen molar-refractivity contribution in [1.29, 1.82) is 0 Å². The van der Waals surface area contributed by atoms with Crippen molar-refractivity contribution in [3.8, 4) is 0 Å². The first kappa shape index (κ1) is 15.1. The van der Waals surface area contributed by atoms with Gasteiger partial charge in [-0.2, -0.15) is 0 Å². The minimum atomic E-state index is 0.158. The lowest BCUT2D eigenvalue weighted by Crippen LogP contribution is -2.44. The van der Waals surface area contributed by atoms with Gasteiger partial charge in [0.2, 0.25) is 0 Å². The lowest BCUT2D eigenvalue weighted by Gasteiger charge is -2.41. The van der Waals surface area contributed by atoms with Gasteiger partial charge < -0.3 is 4.90 Å². The van der Waals surface area contributed by atoms with Crippen LogP contribution in [0.15, 0.2) is 18.2 Å². The van der Waals surface area contributed by atoms with Gasteiger partial charge in [0.15, 0.2) is 5.78 Å². The van der Waals surface area contributed by atoms with Crippen LogP contribution in [0.4, 0.5) is 0 Å². The monoisotopic (exact) mass is 323 g/mol. The maximum atomic E-state index is 12.5. The van der Waals surface area contributed by atoms with Crippen molar-refractivity contribution in [2.24, 2.45) is 17.8 Å². The summed E-state index contributed by atoms with van der Waals surface area (Å²) in [7, 11) is 0. The number of hydrogen-bond donors (Lipinski definition) is 0. The molecule has 1 saturated heterocycles. The van der Waals surface area contributed by atoms with E-state index in [-0.39, 0.29) is 5.41 Å². The standard InChI is InChI=1S/C22H29NO/c1-15-2-5-20-19(10-15)21(24)13-22(20)6-8-23(9-7-22)14-18-12-16-3-4-17(18)11-16/h2,5,10,16-18H,3-4,6-9,11-14H2,1H3/t16-,17-,18?/m0/s1. The van der Waals surface area contributed by atoms with E-state index < -0.39 is 0 Å². The molecule has 2 saturated carbocycles. The number of carbonyl (C=O) groups is 1. The number of Topliss-reactive ketones (excluding diaryl/α,β-unsaturated/α-hetero) is 1. The molecule has 2 heteroatoms. The average molecular weight is 323 g/mol. The molecular weight excluding hydrogens is 294 g/mol. The molecule has 0 N–H and O–H groups in total. The number of aryl methyl sites for hydroxylation is 1. The Morgan fingerprint density at radius 2 is 2.00 bits per heavy atom. The molecule has 4 aliphatic rings. The molecule has 2 bridgehead atoms. The Kier molecular flexibility index (Phi) is 3.42. The Labute approximate surface area is 145 Å². The zero-order chi connectivity index (χ0) is 16.3. The number of hydrogen-bond acceptors (Lipinski definition) is 2. The molecule has 5 rings (SSSR count). The Hall–Kier alpha value is -1.15. The van der Waals surface area contributed by atoms with Gasteiger partial charge in [0.05, 0.1) is 0 Å². The zero-order valence-electron chi connectivity index (χ0n) is 14.9. The van der Waals surface area contributed by atoms with Gasteiger partial charge in [-0.3, -0.25) is 4.79 Å². The molecule has 1 aliphatic heterocycles. The predicted octanol–water partition coefficient (Wildman–Crippen LogP) is 4.35. The van der Waals surface area contributed by atoms with E-state index in [0.29, 0.717) is 5.78 Å². The third-order valence-electron chi connectivity index (χ3n) is 7.74. The number of benzene rings is 1. The fourth-order valence-corrected chi connectivity index (χ4v) is 6.39. The lowest BCUT2D eigenvalue weighted by molar-refractivity contribution is 0.0909. The quantitative estimate of drug-likeness (QED) is 0.806. The Morgan fingerprint density at radius 3 is 2.71 bits per heavy atom. The first-order chi connectivity index (χ1) is 11.6. The van der Waals surface area contributed by atoms with Crippen molar-refractivity contribution in [2.75, 3.05) is 19.6 Å². The summed E-state index contributed by atoms with van der Waals surface area (Å²) in [5, 5.41) is 0. The molecule has 0 amide bonds. The molecule has 0 radical (unpaired) electrons. The van der Waals surface area contributed by atoms with Crippen LogP contribution >= 0.6 is 0 Å². The second kappa shape index (κ2) is 5.42. The number of likely N-dealkylation sites (tertiary alicyclic amines) is 1. The van der Waals surface area contributed by atoms with E-state index in [9.17, 15) is 4.79 Å². The topological polar surface area (TPSA) is 20.3 Å². The minimum absolute atomic E-state index is 0.158. The van der Waals surface area contributed by atoms with E-state index in [1.807, 2.05) is 0 Å². The second-order valence-corrected chi connectivity index (χ2v) is 9.16. The third-order valence-corrected chi connectivity index (χ3v) is 7.74. The number of rotatable bonds is 2. The van der Waals surface area contributed by atoms with Crippen LogP contribution in [-0.2, 0) is 5.41 Å². The van der Waals surface area contributed by atoms with Crippen LogP contribution in [0, 0.1) is 24.7 Å². The van der Waals surface area contributed by atoms with E-state index in [4.69, 9.17) is 0 Å². The molecular formula is C22H29NO. The molecule has 128 valence electrons. The fourth-order valence-electron chi connectivity index (χ4n) is 6.39. The van der Waals surface area contributed by atoms with Gasteiger partial charge in [-0.1, -0.05) is 24.1 Å². The summed E-state index contributed by atoms with van der Waals surface area (Å²) in [6.45, 7) is 5.80. The van der Waals surface area contributed by atoms with Gasteiger partial charge in [0.1, 0.15) is 0 Å². The van der Waals surface area contributed by atoms with E-state index in [0.717, 1.165) is 29.7 Å². The Balaban J connectivity index is 1.28. The van der Waals surface area contributed by atoms with Crippen LogP contribution < -0.4 is 0 Å². The zero-order valence-corrected chi connectivity index (χ0v) is 14.9. The smallest absolute Gasteiger partial charge is 0.164 e. The first-order valence-corrected chi connectivity index (χ1v) is 10.00.